The molecule has 1 aromatic heterocycles. The standard InChI is InChI=1S/C15H10BrFN2O/c16-10-7-12(18)15(8-11(10)17)20-14-5-6-19-13-4-2-1-3-9(13)14/h1-8H,18H2. The molecule has 0 saturated heterocycles. The number of anilines is 1. The van der Waals surface area contributed by atoms with Crippen LogP contribution >= 0.6 is 15.9 Å². The first-order valence-electron chi connectivity index (χ1n) is 5.91. The molecule has 3 nitrogen and oxygen atoms in total. The minimum Gasteiger partial charge on any atom is -0.454 e. The summed E-state index contributed by atoms with van der Waals surface area (Å²) in [7, 11) is 0. The highest BCUT2D eigenvalue weighted by atomic mass is 79.9. The van der Waals surface area contributed by atoms with Gasteiger partial charge >= 0.3 is 0 Å². The Bertz CT molecular complexity index is 787. The molecule has 0 aliphatic heterocycles. The van der Waals surface area contributed by atoms with E-state index in [1.54, 1.807) is 12.3 Å². The number of rotatable bonds is 2. The lowest BCUT2D eigenvalue weighted by molar-refractivity contribution is 0.483. The molecule has 0 aliphatic rings. The lowest BCUT2D eigenvalue weighted by Crippen LogP contribution is -1.95. The second-order valence-corrected chi connectivity index (χ2v) is 5.09. The van der Waals surface area contributed by atoms with Gasteiger partial charge in [-0.15, -0.1) is 0 Å². The number of fused-ring (bicyclic) bond motifs is 1. The van der Waals surface area contributed by atoms with Crippen molar-refractivity contribution in [1.82, 2.24) is 4.98 Å². The fourth-order valence-electron chi connectivity index (χ4n) is 1.91. The molecular weight excluding hydrogens is 323 g/mol. The topological polar surface area (TPSA) is 48.1 Å². The van der Waals surface area contributed by atoms with Crippen molar-refractivity contribution in [3.63, 3.8) is 0 Å². The molecule has 5 heteroatoms. The molecule has 2 N–H and O–H groups in total. The Morgan fingerprint density at radius 1 is 1.10 bits per heavy atom. The Morgan fingerprint density at radius 2 is 1.90 bits per heavy atom. The average molecular weight is 333 g/mol. The number of nitrogen functional groups attached to an aromatic ring is 1. The monoisotopic (exact) mass is 332 g/mol. The fourth-order valence-corrected chi connectivity index (χ4v) is 2.27. The normalized spacial score (nSPS) is 10.7. The third kappa shape index (κ3) is 2.32. The SMILES string of the molecule is Nc1cc(Br)c(F)cc1Oc1ccnc2ccccc12. The van der Waals surface area contributed by atoms with Crippen molar-refractivity contribution in [2.45, 2.75) is 0 Å². The number of pyridine rings is 1. The van der Waals surface area contributed by atoms with Crippen LogP contribution in [-0.2, 0) is 0 Å². The highest BCUT2D eigenvalue weighted by Crippen LogP contribution is 2.34. The van der Waals surface area contributed by atoms with Gasteiger partial charge in [-0.2, -0.15) is 0 Å². The number of benzene rings is 2. The number of aromatic nitrogens is 1. The molecule has 20 heavy (non-hydrogen) atoms. The Labute approximate surface area is 123 Å². The predicted octanol–water partition coefficient (Wildman–Crippen LogP) is 4.51. The number of hydrogen-bond donors (Lipinski definition) is 1. The summed E-state index contributed by atoms with van der Waals surface area (Å²) >= 11 is 3.08. The second kappa shape index (κ2) is 5.09. The smallest absolute Gasteiger partial charge is 0.153 e. The van der Waals surface area contributed by atoms with E-state index < -0.39 is 5.82 Å². The van der Waals surface area contributed by atoms with E-state index >= 15 is 0 Å². The first kappa shape index (κ1) is 12.9. The van der Waals surface area contributed by atoms with Gasteiger partial charge in [0.05, 0.1) is 15.7 Å². The van der Waals surface area contributed by atoms with Gasteiger partial charge in [0.15, 0.2) is 5.75 Å². The van der Waals surface area contributed by atoms with Crippen molar-refractivity contribution in [3.8, 4) is 11.5 Å². The molecule has 0 unspecified atom stereocenters. The molecule has 0 aliphatic carbocycles. The van der Waals surface area contributed by atoms with Gasteiger partial charge in [-0.25, -0.2) is 4.39 Å². The van der Waals surface area contributed by atoms with Crippen molar-refractivity contribution >= 4 is 32.5 Å². The van der Waals surface area contributed by atoms with Crippen molar-refractivity contribution in [2.24, 2.45) is 0 Å². The first-order chi connectivity index (χ1) is 9.65. The van der Waals surface area contributed by atoms with E-state index in [0.717, 1.165) is 10.9 Å². The van der Waals surface area contributed by atoms with E-state index in [2.05, 4.69) is 20.9 Å². The average Bonchev–Trinajstić information content (AvgIpc) is 2.45. The number of nitrogens with two attached hydrogens (primary N) is 1. The molecule has 3 aromatic rings. The number of ether oxygens (including phenoxy) is 1. The fraction of sp³-hybridized carbons (Fsp3) is 0. The van der Waals surface area contributed by atoms with Crippen LogP contribution in [-0.4, -0.2) is 4.98 Å². The Morgan fingerprint density at radius 3 is 2.75 bits per heavy atom. The van der Waals surface area contributed by atoms with Gasteiger partial charge < -0.3 is 10.5 Å². The zero-order valence-corrected chi connectivity index (χ0v) is 11.9. The minimum atomic E-state index is -0.424. The van der Waals surface area contributed by atoms with Crippen molar-refractivity contribution < 1.29 is 9.13 Å². The van der Waals surface area contributed by atoms with Gasteiger partial charge in [-0.3, -0.25) is 4.98 Å². The maximum Gasteiger partial charge on any atom is 0.153 e. The van der Waals surface area contributed by atoms with Crippen molar-refractivity contribution in [3.05, 3.63) is 59.0 Å². The lowest BCUT2D eigenvalue weighted by atomic mass is 10.2. The summed E-state index contributed by atoms with van der Waals surface area (Å²) in [5.74, 6) is 0.443. The number of hydrogen-bond acceptors (Lipinski definition) is 3. The van der Waals surface area contributed by atoms with E-state index in [9.17, 15) is 4.39 Å². The Balaban J connectivity index is 2.08. The summed E-state index contributed by atoms with van der Waals surface area (Å²) in [5, 5.41) is 0.845. The summed E-state index contributed by atoms with van der Waals surface area (Å²) in [4.78, 5) is 4.24. The van der Waals surface area contributed by atoms with Crippen LogP contribution in [0.2, 0.25) is 0 Å². The van der Waals surface area contributed by atoms with E-state index in [4.69, 9.17) is 10.5 Å². The van der Waals surface area contributed by atoms with Gasteiger partial charge in [0.2, 0.25) is 0 Å². The maximum atomic E-state index is 13.6. The third-order valence-electron chi connectivity index (χ3n) is 2.88. The summed E-state index contributed by atoms with van der Waals surface area (Å²) in [5.41, 5.74) is 7.01. The molecule has 2 aromatic carbocycles. The maximum absolute atomic E-state index is 13.6. The van der Waals surface area contributed by atoms with Crippen LogP contribution in [0.15, 0.2) is 53.1 Å². The van der Waals surface area contributed by atoms with E-state index in [1.807, 2.05) is 24.3 Å². The summed E-state index contributed by atoms with van der Waals surface area (Å²) in [6.07, 6.45) is 1.64. The van der Waals surface area contributed by atoms with Crippen LogP contribution < -0.4 is 10.5 Å². The molecule has 1 heterocycles. The number of halogens is 2. The predicted molar refractivity (Wildman–Crippen MR) is 80.3 cm³/mol. The van der Waals surface area contributed by atoms with Crippen LogP contribution in [0.1, 0.15) is 0 Å². The summed E-state index contributed by atoms with van der Waals surface area (Å²) in [6, 6.07) is 12.0. The van der Waals surface area contributed by atoms with Gasteiger partial charge in [0.25, 0.3) is 0 Å². The van der Waals surface area contributed by atoms with Crippen molar-refractivity contribution in [1.29, 1.82) is 0 Å². The Kier molecular flexibility index (Phi) is 3.28. The zero-order valence-electron chi connectivity index (χ0n) is 10.3. The van der Waals surface area contributed by atoms with Crippen LogP contribution in [0, 0.1) is 5.82 Å². The first-order valence-corrected chi connectivity index (χ1v) is 6.70. The Hall–Kier alpha value is -2.14. The lowest BCUT2D eigenvalue weighted by Gasteiger charge is -2.11. The van der Waals surface area contributed by atoms with E-state index in [1.165, 1.54) is 12.1 Å². The van der Waals surface area contributed by atoms with E-state index in [0.29, 0.717) is 15.9 Å². The minimum absolute atomic E-state index is 0.280. The highest BCUT2D eigenvalue weighted by molar-refractivity contribution is 9.10. The van der Waals surface area contributed by atoms with Crippen LogP contribution in [0.25, 0.3) is 10.9 Å². The molecule has 3 rings (SSSR count). The second-order valence-electron chi connectivity index (χ2n) is 4.23. The molecule has 0 fully saturated rings. The molecule has 0 amide bonds. The molecule has 0 radical (unpaired) electrons. The number of nitrogens with zero attached hydrogens (tertiary/aromatic N) is 1. The molecular formula is C15H10BrFN2O. The molecule has 0 bridgehead atoms. The highest BCUT2D eigenvalue weighted by Gasteiger charge is 2.10. The van der Waals surface area contributed by atoms with Crippen molar-refractivity contribution in [2.75, 3.05) is 5.73 Å². The zero-order chi connectivity index (χ0) is 14.1. The quantitative estimate of drug-likeness (QED) is 0.702. The third-order valence-corrected chi connectivity index (χ3v) is 3.49. The number of para-hydroxylation sites is 1. The molecule has 0 saturated carbocycles. The van der Waals surface area contributed by atoms with Crippen LogP contribution in [0.4, 0.5) is 10.1 Å². The molecule has 0 atom stereocenters. The molecule has 0 spiro atoms. The van der Waals surface area contributed by atoms with Gasteiger partial charge in [0, 0.05) is 17.6 Å². The summed E-state index contributed by atoms with van der Waals surface area (Å²) < 4.78 is 19.6. The van der Waals surface area contributed by atoms with Crippen LogP contribution in [0.5, 0.6) is 11.5 Å². The van der Waals surface area contributed by atoms with Gasteiger partial charge in [-0.1, -0.05) is 12.1 Å². The van der Waals surface area contributed by atoms with Gasteiger partial charge in [-0.05, 0) is 40.2 Å². The molecule has 100 valence electrons. The van der Waals surface area contributed by atoms with Crippen LogP contribution in [0.3, 0.4) is 0 Å². The summed E-state index contributed by atoms with van der Waals surface area (Å²) in [6.45, 7) is 0. The van der Waals surface area contributed by atoms with E-state index in [-0.39, 0.29) is 5.75 Å². The van der Waals surface area contributed by atoms with Gasteiger partial charge in [0.1, 0.15) is 11.6 Å². The largest absolute Gasteiger partial charge is 0.454 e.